The number of nitrogens with two attached hydrogens (primary N) is 1. The summed E-state index contributed by atoms with van der Waals surface area (Å²) in [5.74, 6) is -3.46. The molecule has 0 spiro atoms. The molecule has 0 saturated carbocycles. The smallest absolute Gasteiger partial charge is 0.410 e. The van der Waals surface area contributed by atoms with Crippen LogP contribution in [-0.4, -0.2) is 66.9 Å². The van der Waals surface area contributed by atoms with E-state index in [4.69, 9.17) is 10.5 Å². The molecule has 1 heterocycles. The summed E-state index contributed by atoms with van der Waals surface area (Å²) in [6.07, 6.45) is -0.540. The highest BCUT2D eigenvalue weighted by molar-refractivity contribution is 7.89. The molecule has 0 radical (unpaired) electrons. The largest absolute Gasteiger partial charge is 0.444 e. The molecule has 1 saturated heterocycles. The molecule has 4 aromatic carbocycles. The van der Waals surface area contributed by atoms with E-state index in [1.54, 1.807) is 51.1 Å². The minimum atomic E-state index is -4.00. The number of rotatable bonds is 10. The lowest BCUT2D eigenvalue weighted by atomic mass is 9.84. The highest BCUT2D eigenvalue weighted by Gasteiger charge is 2.39. The van der Waals surface area contributed by atoms with E-state index in [2.05, 4.69) is 5.32 Å². The van der Waals surface area contributed by atoms with Crippen LogP contribution in [0.15, 0.2) is 102 Å². The third kappa shape index (κ3) is 9.15. The Morgan fingerprint density at radius 3 is 2.08 bits per heavy atom. The molecule has 0 aliphatic carbocycles. The average Bonchev–Trinajstić information content (AvgIpc) is 3.07. The van der Waals surface area contributed by atoms with Crippen molar-refractivity contribution in [2.45, 2.75) is 62.1 Å². The molecule has 2 amide bonds. The minimum absolute atomic E-state index is 0.00898. The van der Waals surface area contributed by atoms with E-state index in [-0.39, 0.29) is 48.6 Å². The molecule has 1 aliphatic rings. The van der Waals surface area contributed by atoms with Crippen molar-refractivity contribution in [3.63, 3.8) is 0 Å². The van der Waals surface area contributed by atoms with Gasteiger partial charge in [-0.1, -0.05) is 48.5 Å². The zero-order valence-corrected chi connectivity index (χ0v) is 29.4. The van der Waals surface area contributed by atoms with Crippen molar-refractivity contribution < 1.29 is 35.9 Å². The van der Waals surface area contributed by atoms with Crippen molar-refractivity contribution in [2.24, 2.45) is 5.73 Å². The van der Waals surface area contributed by atoms with Crippen LogP contribution >= 0.6 is 0 Å². The van der Waals surface area contributed by atoms with E-state index in [0.717, 1.165) is 0 Å². The first-order valence-corrected chi connectivity index (χ1v) is 18.0. The molecule has 51 heavy (non-hydrogen) atoms. The van der Waals surface area contributed by atoms with E-state index in [9.17, 15) is 26.8 Å². The number of benzene rings is 4. The van der Waals surface area contributed by atoms with Crippen LogP contribution in [0.2, 0.25) is 0 Å². The molecule has 9 nitrogen and oxygen atoms in total. The summed E-state index contributed by atoms with van der Waals surface area (Å²) >= 11 is 0. The Bertz CT molecular complexity index is 1930. The summed E-state index contributed by atoms with van der Waals surface area (Å²) in [6.45, 7) is 5.27. The molecule has 3 N–H and O–H groups in total. The molecule has 5 rings (SSSR count). The SMILES string of the molecule is CC(C)(C)OC(=O)N1CCN(S(=O)(=O)c2ccccc2)C(CCc2c(F)cccc2NC(=O)C(N)C(c2cccc(F)c2)c2cccc(F)c2)C1. The monoisotopic (exact) mass is 722 g/mol. The molecule has 1 fully saturated rings. The van der Waals surface area contributed by atoms with E-state index in [0.29, 0.717) is 11.1 Å². The maximum absolute atomic E-state index is 15.5. The van der Waals surface area contributed by atoms with Gasteiger partial charge in [0.25, 0.3) is 0 Å². The van der Waals surface area contributed by atoms with Gasteiger partial charge in [0.15, 0.2) is 0 Å². The Balaban J connectivity index is 1.41. The number of carbonyl (C=O) groups excluding carboxylic acids is 2. The predicted molar refractivity (Wildman–Crippen MR) is 188 cm³/mol. The quantitative estimate of drug-likeness (QED) is 0.194. The Kier molecular flexibility index (Phi) is 11.5. The zero-order valence-electron chi connectivity index (χ0n) is 28.6. The standard InChI is InChI=1S/C38H41F3N4O5S/c1-38(2,3)50-37(47)44-20-21-45(51(48,49)30-14-5-4-6-15-30)29(24-44)18-19-31-32(41)16-9-17-33(31)43-36(46)35(42)34(25-10-7-12-27(39)22-25)26-11-8-13-28(40)23-26/h4-17,22-23,29,34-35H,18-21,24,42H2,1-3H3,(H,43,46). The van der Waals surface area contributed by atoms with Gasteiger partial charge in [-0.2, -0.15) is 4.31 Å². The molecule has 2 atom stereocenters. The Morgan fingerprint density at radius 1 is 0.882 bits per heavy atom. The number of hydrogen-bond donors (Lipinski definition) is 2. The molecular formula is C38H41F3N4O5S. The highest BCUT2D eigenvalue weighted by Crippen LogP contribution is 2.31. The third-order valence-electron chi connectivity index (χ3n) is 8.61. The zero-order chi connectivity index (χ0) is 36.9. The number of halogens is 3. The number of carbonyl (C=O) groups is 2. The summed E-state index contributed by atoms with van der Waals surface area (Å²) < 4.78 is 78.6. The van der Waals surface area contributed by atoms with Crippen molar-refractivity contribution in [1.82, 2.24) is 9.21 Å². The fourth-order valence-electron chi connectivity index (χ4n) is 6.23. The molecule has 1 aliphatic heterocycles. The lowest BCUT2D eigenvalue weighted by Crippen LogP contribution is -2.57. The summed E-state index contributed by atoms with van der Waals surface area (Å²) in [4.78, 5) is 28.3. The molecule has 4 aromatic rings. The van der Waals surface area contributed by atoms with Gasteiger partial charge in [-0.3, -0.25) is 4.79 Å². The second kappa shape index (κ2) is 15.7. The first kappa shape index (κ1) is 37.5. The summed E-state index contributed by atoms with van der Waals surface area (Å²) in [6, 6.07) is 20.9. The maximum atomic E-state index is 15.5. The van der Waals surface area contributed by atoms with Crippen LogP contribution < -0.4 is 11.1 Å². The van der Waals surface area contributed by atoms with Crippen LogP contribution in [0.1, 0.15) is 49.8 Å². The van der Waals surface area contributed by atoms with Crippen LogP contribution in [0.4, 0.5) is 23.7 Å². The van der Waals surface area contributed by atoms with Crippen LogP contribution in [0.25, 0.3) is 0 Å². The lowest BCUT2D eigenvalue weighted by Gasteiger charge is -2.41. The molecule has 0 bridgehead atoms. The van der Waals surface area contributed by atoms with Crippen molar-refractivity contribution in [2.75, 3.05) is 25.0 Å². The van der Waals surface area contributed by atoms with Gasteiger partial charge in [-0.15, -0.1) is 0 Å². The van der Waals surface area contributed by atoms with Gasteiger partial charge >= 0.3 is 6.09 Å². The number of amides is 2. The van der Waals surface area contributed by atoms with Crippen molar-refractivity contribution >= 4 is 27.7 Å². The summed E-state index contributed by atoms with van der Waals surface area (Å²) in [5, 5.41) is 2.70. The van der Waals surface area contributed by atoms with Crippen molar-refractivity contribution in [1.29, 1.82) is 0 Å². The van der Waals surface area contributed by atoms with Gasteiger partial charge in [-0.25, -0.2) is 26.4 Å². The molecule has 0 aromatic heterocycles. The first-order chi connectivity index (χ1) is 24.1. The van der Waals surface area contributed by atoms with Crippen LogP contribution in [0, 0.1) is 17.5 Å². The van der Waals surface area contributed by atoms with Gasteiger partial charge in [0.05, 0.1) is 10.9 Å². The number of anilines is 1. The van der Waals surface area contributed by atoms with Gasteiger partial charge in [-0.05, 0) is 93.3 Å². The van der Waals surface area contributed by atoms with E-state index < -0.39 is 63.1 Å². The van der Waals surface area contributed by atoms with Crippen LogP contribution in [0.5, 0.6) is 0 Å². The average molecular weight is 723 g/mol. The predicted octanol–water partition coefficient (Wildman–Crippen LogP) is 6.44. The fourth-order valence-corrected chi connectivity index (χ4v) is 7.88. The van der Waals surface area contributed by atoms with E-state index >= 15 is 4.39 Å². The third-order valence-corrected chi connectivity index (χ3v) is 10.6. The number of nitrogens with one attached hydrogen (secondary N) is 1. The minimum Gasteiger partial charge on any atom is -0.444 e. The molecule has 2 unspecified atom stereocenters. The maximum Gasteiger partial charge on any atom is 0.410 e. The van der Waals surface area contributed by atoms with Crippen molar-refractivity contribution in [3.05, 3.63) is 131 Å². The Labute approximate surface area is 296 Å². The number of nitrogens with zero attached hydrogens (tertiary/aromatic N) is 2. The van der Waals surface area contributed by atoms with Gasteiger partial charge in [0.1, 0.15) is 23.1 Å². The highest BCUT2D eigenvalue weighted by atomic mass is 32.2. The normalized spacial score (nSPS) is 16.2. The fraction of sp³-hybridized carbons (Fsp3) is 0.316. The summed E-state index contributed by atoms with van der Waals surface area (Å²) in [5.41, 5.74) is 6.59. The number of ether oxygens (including phenoxy) is 1. The number of hydrogen-bond acceptors (Lipinski definition) is 6. The second-order valence-electron chi connectivity index (χ2n) is 13.4. The number of piperazine rings is 1. The second-order valence-corrected chi connectivity index (χ2v) is 15.3. The first-order valence-electron chi connectivity index (χ1n) is 16.5. The van der Waals surface area contributed by atoms with Crippen molar-refractivity contribution in [3.8, 4) is 0 Å². The molecule has 270 valence electrons. The number of sulfonamides is 1. The van der Waals surface area contributed by atoms with Gasteiger partial charge in [0.2, 0.25) is 15.9 Å². The molecule has 13 heteroatoms. The summed E-state index contributed by atoms with van der Waals surface area (Å²) in [7, 11) is -4.00. The van der Waals surface area contributed by atoms with Gasteiger partial charge < -0.3 is 20.7 Å². The van der Waals surface area contributed by atoms with E-state index in [1.165, 1.54) is 75.9 Å². The molecular weight excluding hydrogens is 682 g/mol. The van der Waals surface area contributed by atoms with Crippen LogP contribution in [0.3, 0.4) is 0 Å². The van der Waals surface area contributed by atoms with Crippen LogP contribution in [-0.2, 0) is 26.0 Å². The Morgan fingerprint density at radius 2 is 1.49 bits per heavy atom. The topological polar surface area (TPSA) is 122 Å². The Hall–Kier alpha value is -4.72. The van der Waals surface area contributed by atoms with Gasteiger partial charge in [0, 0.05) is 42.8 Å². The van der Waals surface area contributed by atoms with E-state index in [1.807, 2.05) is 0 Å². The lowest BCUT2D eigenvalue weighted by molar-refractivity contribution is -0.117.